The number of nitrogens with zero attached hydrogens (tertiary/aromatic N) is 1. The summed E-state index contributed by atoms with van der Waals surface area (Å²) >= 11 is 0. The molecule has 0 aliphatic rings. The van der Waals surface area contributed by atoms with E-state index in [1.807, 2.05) is 18.9 Å². The summed E-state index contributed by atoms with van der Waals surface area (Å²) in [4.78, 5) is 13.8. The van der Waals surface area contributed by atoms with Crippen LogP contribution in [-0.2, 0) is 4.79 Å². The van der Waals surface area contributed by atoms with Crippen molar-refractivity contribution < 1.29 is 9.90 Å². The molecule has 4 nitrogen and oxygen atoms in total. The molecule has 17 heavy (non-hydrogen) atoms. The Kier molecular flexibility index (Phi) is 8.17. The van der Waals surface area contributed by atoms with E-state index in [0.717, 1.165) is 19.5 Å². The molecule has 0 radical (unpaired) electrons. The van der Waals surface area contributed by atoms with Crippen LogP contribution in [0.25, 0.3) is 0 Å². The van der Waals surface area contributed by atoms with E-state index < -0.39 is 0 Å². The van der Waals surface area contributed by atoms with Crippen molar-refractivity contribution in [2.24, 2.45) is 5.92 Å². The van der Waals surface area contributed by atoms with E-state index in [2.05, 4.69) is 19.2 Å². The average molecular weight is 244 g/mol. The lowest BCUT2D eigenvalue weighted by molar-refractivity contribution is -0.125. The molecule has 0 saturated carbocycles. The van der Waals surface area contributed by atoms with Crippen molar-refractivity contribution in [3.63, 3.8) is 0 Å². The van der Waals surface area contributed by atoms with Crippen LogP contribution in [0.2, 0.25) is 0 Å². The molecule has 0 bridgehead atoms. The largest absolute Gasteiger partial charge is 0.393 e. The van der Waals surface area contributed by atoms with Crippen LogP contribution in [0.15, 0.2) is 0 Å². The first-order valence-electron chi connectivity index (χ1n) is 6.50. The first-order chi connectivity index (χ1) is 7.84. The van der Waals surface area contributed by atoms with Gasteiger partial charge in [0.1, 0.15) is 0 Å². The van der Waals surface area contributed by atoms with Gasteiger partial charge < -0.3 is 10.4 Å². The van der Waals surface area contributed by atoms with Gasteiger partial charge in [0.05, 0.1) is 12.1 Å². The topological polar surface area (TPSA) is 52.6 Å². The normalized spacial score (nSPS) is 15.1. The van der Waals surface area contributed by atoms with Gasteiger partial charge in [-0.05, 0) is 39.7 Å². The van der Waals surface area contributed by atoms with E-state index in [9.17, 15) is 9.90 Å². The van der Waals surface area contributed by atoms with E-state index in [0.29, 0.717) is 12.3 Å². The average Bonchev–Trinajstić information content (AvgIpc) is 2.24. The second-order valence-electron chi connectivity index (χ2n) is 5.27. The standard InChI is InChI=1S/C13H28N2O2/c1-10(2)6-8-14-13(17)12(4)15(5)9-7-11(3)16/h10-12,16H,6-9H2,1-5H3,(H,14,17). The molecule has 0 heterocycles. The highest BCUT2D eigenvalue weighted by molar-refractivity contribution is 5.81. The minimum Gasteiger partial charge on any atom is -0.393 e. The molecule has 2 atom stereocenters. The number of amides is 1. The van der Waals surface area contributed by atoms with Crippen molar-refractivity contribution in [1.29, 1.82) is 0 Å². The number of nitrogens with one attached hydrogen (secondary N) is 1. The van der Waals surface area contributed by atoms with E-state index in [-0.39, 0.29) is 18.1 Å². The Morgan fingerprint density at radius 1 is 1.24 bits per heavy atom. The van der Waals surface area contributed by atoms with Gasteiger partial charge in [-0.3, -0.25) is 9.69 Å². The predicted octanol–water partition coefficient (Wildman–Crippen LogP) is 1.24. The van der Waals surface area contributed by atoms with Crippen molar-refractivity contribution in [2.45, 2.75) is 52.7 Å². The van der Waals surface area contributed by atoms with Gasteiger partial charge in [0.25, 0.3) is 0 Å². The number of aliphatic hydroxyl groups excluding tert-OH is 1. The van der Waals surface area contributed by atoms with E-state index in [1.165, 1.54) is 0 Å². The molecule has 0 rings (SSSR count). The quantitative estimate of drug-likeness (QED) is 0.675. The Hall–Kier alpha value is -0.610. The van der Waals surface area contributed by atoms with Crippen molar-refractivity contribution in [1.82, 2.24) is 10.2 Å². The van der Waals surface area contributed by atoms with Gasteiger partial charge in [-0.25, -0.2) is 0 Å². The molecule has 1 amide bonds. The molecule has 0 aliphatic heterocycles. The van der Waals surface area contributed by atoms with Crippen molar-refractivity contribution in [3.8, 4) is 0 Å². The fourth-order valence-electron chi connectivity index (χ4n) is 1.42. The SMILES string of the molecule is CC(C)CCNC(=O)C(C)N(C)CCC(C)O. The second-order valence-corrected chi connectivity index (χ2v) is 5.27. The van der Waals surface area contributed by atoms with E-state index in [4.69, 9.17) is 0 Å². The van der Waals surface area contributed by atoms with Crippen LogP contribution in [0.1, 0.15) is 40.5 Å². The summed E-state index contributed by atoms with van der Waals surface area (Å²) in [6, 6.07) is -0.138. The lowest BCUT2D eigenvalue weighted by Crippen LogP contribution is -2.44. The number of hydrogen-bond donors (Lipinski definition) is 2. The molecule has 102 valence electrons. The summed E-state index contributed by atoms with van der Waals surface area (Å²) in [7, 11) is 1.91. The summed E-state index contributed by atoms with van der Waals surface area (Å²) in [5.74, 6) is 0.678. The third-order valence-electron chi connectivity index (χ3n) is 2.96. The van der Waals surface area contributed by atoms with Crippen LogP contribution in [0.3, 0.4) is 0 Å². The molecule has 2 N–H and O–H groups in total. The Labute approximate surface area is 105 Å². The zero-order valence-electron chi connectivity index (χ0n) is 11.9. The van der Waals surface area contributed by atoms with Crippen LogP contribution in [0.5, 0.6) is 0 Å². The first-order valence-corrected chi connectivity index (χ1v) is 6.50. The smallest absolute Gasteiger partial charge is 0.237 e. The molecule has 0 aromatic heterocycles. The third-order valence-corrected chi connectivity index (χ3v) is 2.96. The highest BCUT2D eigenvalue weighted by atomic mass is 16.3. The van der Waals surface area contributed by atoms with Gasteiger partial charge in [-0.1, -0.05) is 13.8 Å². The zero-order chi connectivity index (χ0) is 13.4. The Balaban J connectivity index is 3.86. The number of likely N-dealkylation sites (N-methyl/N-ethyl adjacent to an activating group) is 1. The van der Waals surface area contributed by atoms with Crippen molar-refractivity contribution in [2.75, 3.05) is 20.1 Å². The molecule has 4 heteroatoms. The molecule has 2 unspecified atom stereocenters. The number of aliphatic hydroxyl groups is 1. The van der Waals surface area contributed by atoms with Crippen LogP contribution in [0, 0.1) is 5.92 Å². The van der Waals surface area contributed by atoms with Crippen molar-refractivity contribution in [3.05, 3.63) is 0 Å². The van der Waals surface area contributed by atoms with Gasteiger partial charge in [0.15, 0.2) is 0 Å². The fourth-order valence-corrected chi connectivity index (χ4v) is 1.42. The maximum absolute atomic E-state index is 11.8. The molecule has 0 fully saturated rings. The second kappa shape index (κ2) is 8.48. The molecule has 0 spiro atoms. The van der Waals surface area contributed by atoms with Crippen LogP contribution in [-0.4, -0.2) is 48.2 Å². The Bertz CT molecular complexity index is 217. The molecule has 0 aromatic carbocycles. The maximum Gasteiger partial charge on any atom is 0.237 e. The summed E-state index contributed by atoms with van der Waals surface area (Å²) in [6.45, 7) is 9.42. The molecule has 0 saturated heterocycles. The summed E-state index contributed by atoms with van der Waals surface area (Å²) in [5.41, 5.74) is 0. The zero-order valence-corrected chi connectivity index (χ0v) is 11.9. The lowest BCUT2D eigenvalue weighted by Gasteiger charge is -2.24. The summed E-state index contributed by atoms with van der Waals surface area (Å²) in [5, 5.41) is 12.1. The molecule has 0 aliphatic carbocycles. The molecule has 0 aromatic rings. The number of carbonyl (C=O) groups excluding carboxylic acids is 1. The highest BCUT2D eigenvalue weighted by Gasteiger charge is 2.17. The van der Waals surface area contributed by atoms with E-state index in [1.54, 1.807) is 6.92 Å². The van der Waals surface area contributed by atoms with Gasteiger partial charge in [-0.15, -0.1) is 0 Å². The lowest BCUT2D eigenvalue weighted by atomic mass is 10.1. The number of carbonyl (C=O) groups is 1. The summed E-state index contributed by atoms with van der Waals surface area (Å²) < 4.78 is 0. The van der Waals surface area contributed by atoms with Gasteiger partial charge >= 0.3 is 0 Å². The minimum absolute atomic E-state index is 0.0683. The van der Waals surface area contributed by atoms with Gasteiger partial charge in [0.2, 0.25) is 5.91 Å². The molecular formula is C13H28N2O2. The maximum atomic E-state index is 11.8. The predicted molar refractivity (Wildman–Crippen MR) is 70.9 cm³/mol. The molecular weight excluding hydrogens is 216 g/mol. The van der Waals surface area contributed by atoms with Crippen LogP contribution in [0.4, 0.5) is 0 Å². The van der Waals surface area contributed by atoms with E-state index >= 15 is 0 Å². The number of hydrogen-bond acceptors (Lipinski definition) is 3. The highest BCUT2D eigenvalue weighted by Crippen LogP contribution is 2.01. The Morgan fingerprint density at radius 3 is 2.29 bits per heavy atom. The summed E-state index contributed by atoms with van der Waals surface area (Å²) in [6.07, 6.45) is 1.39. The first kappa shape index (κ1) is 16.4. The number of rotatable bonds is 8. The van der Waals surface area contributed by atoms with Gasteiger partial charge in [0, 0.05) is 13.1 Å². The van der Waals surface area contributed by atoms with Crippen LogP contribution < -0.4 is 5.32 Å². The minimum atomic E-state index is -0.311. The van der Waals surface area contributed by atoms with Crippen LogP contribution >= 0.6 is 0 Å². The fraction of sp³-hybridized carbons (Fsp3) is 0.923. The Morgan fingerprint density at radius 2 is 1.82 bits per heavy atom. The third kappa shape index (κ3) is 8.16. The van der Waals surface area contributed by atoms with Crippen molar-refractivity contribution >= 4 is 5.91 Å². The van der Waals surface area contributed by atoms with Gasteiger partial charge in [-0.2, -0.15) is 0 Å². The monoisotopic (exact) mass is 244 g/mol.